The molecule has 0 saturated heterocycles. The van der Waals surface area contributed by atoms with Gasteiger partial charge in [0.05, 0.1) is 18.4 Å². The van der Waals surface area contributed by atoms with Gasteiger partial charge in [-0.1, -0.05) is 0 Å². The third-order valence-corrected chi connectivity index (χ3v) is 6.71. The van der Waals surface area contributed by atoms with Crippen molar-refractivity contribution in [3.05, 3.63) is 48.7 Å². The molecule has 166 valence electrons. The molecular weight excluding hydrogens is 425 g/mol. The van der Waals surface area contributed by atoms with Gasteiger partial charge < -0.3 is 14.5 Å². The molecule has 0 aromatic carbocycles. The lowest BCUT2D eigenvalue weighted by atomic mass is 9.63. The van der Waals surface area contributed by atoms with Crippen LogP contribution in [0.1, 0.15) is 25.7 Å². The number of aliphatic imine (C=N–C) groups is 1. The first-order valence-electron chi connectivity index (χ1n) is 10.9. The number of aromatic nitrogens is 4. The highest BCUT2D eigenvalue weighted by Crippen LogP contribution is 2.44. The molecule has 1 atom stereocenters. The Morgan fingerprint density at radius 1 is 1.21 bits per heavy atom. The first-order valence-corrected chi connectivity index (χ1v) is 10.9. The molecule has 33 heavy (non-hydrogen) atoms. The van der Waals surface area contributed by atoms with Crippen LogP contribution in [0.5, 0.6) is 0 Å². The van der Waals surface area contributed by atoms with Gasteiger partial charge >= 0.3 is 5.97 Å². The van der Waals surface area contributed by atoms with E-state index in [1.54, 1.807) is 30.7 Å². The van der Waals surface area contributed by atoms with Crippen LogP contribution in [0.25, 0.3) is 33.9 Å². The molecule has 4 aromatic heterocycles. The smallest absolute Gasteiger partial charge is 0.312 e. The molecule has 0 spiro atoms. The zero-order valence-electron chi connectivity index (χ0n) is 17.5. The maximum Gasteiger partial charge on any atom is 0.312 e. The lowest BCUT2D eigenvalue weighted by molar-refractivity contribution is -0.142. The number of aromatic amines is 1. The number of pyridine rings is 1. The molecule has 2 bridgehead atoms. The van der Waals surface area contributed by atoms with Gasteiger partial charge in [-0.15, -0.1) is 0 Å². The average Bonchev–Trinajstić information content (AvgIpc) is 3.49. The third kappa shape index (κ3) is 3.40. The predicted molar refractivity (Wildman–Crippen MR) is 118 cm³/mol. The topological polar surface area (TPSA) is 117 Å². The van der Waals surface area contributed by atoms with Crippen LogP contribution in [0.2, 0.25) is 0 Å². The van der Waals surface area contributed by atoms with Gasteiger partial charge in [-0.2, -0.15) is 0 Å². The standard InChI is InChI=1S/C24H20FN5O3/c25-14-8-15-16(11-27-22(15)26-10-14)23-28-17(18-2-1-7-33-18)9-19(30-23)29-21-13-5-3-12(4-6-13)20(21)24(31)32/h1-2,7-13,20H,3-6H2,(H,26,27)(H,31,32)/t12?,13?,20-/m0/s1. The minimum Gasteiger partial charge on any atom is -0.481 e. The molecule has 2 N–H and O–H groups in total. The second-order valence-corrected chi connectivity index (χ2v) is 8.63. The molecule has 3 fully saturated rings. The van der Waals surface area contributed by atoms with Crippen LogP contribution in [0.15, 0.2) is 52.3 Å². The van der Waals surface area contributed by atoms with Gasteiger partial charge in [0.15, 0.2) is 17.4 Å². The van der Waals surface area contributed by atoms with Gasteiger partial charge in [-0.25, -0.2) is 24.3 Å². The van der Waals surface area contributed by atoms with Gasteiger partial charge in [0.2, 0.25) is 0 Å². The minimum absolute atomic E-state index is 0.111. The number of halogens is 1. The lowest BCUT2D eigenvalue weighted by Gasteiger charge is -2.41. The molecule has 9 heteroatoms. The van der Waals surface area contributed by atoms with E-state index < -0.39 is 17.7 Å². The molecule has 7 rings (SSSR count). The number of hydrogen-bond acceptors (Lipinski definition) is 6. The van der Waals surface area contributed by atoms with Gasteiger partial charge in [-0.05, 0) is 55.7 Å². The first-order chi connectivity index (χ1) is 16.1. The van der Waals surface area contributed by atoms with Crippen molar-refractivity contribution < 1.29 is 18.7 Å². The number of nitrogens with zero attached hydrogens (tertiary/aromatic N) is 4. The highest BCUT2D eigenvalue weighted by Gasteiger charge is 2.44. The summed E-state index contributed by atoms with van der Waals surface area (Å²) in [5.41, 5.74) is 2.29. The maximum atomic E-state index is 13.9. The van der Waals surface area contributed by atoms with Crippen molar-refractivity contribution in [2.75, 3.05) is 0 Å². The average molecular weight is 445 g/mol. The fraction of sp³-hybridized carbons (Fsp3) is 0.292. The molecule has 3 aliphatic rings. The maximum absolute atomic E-state index is 13.9. The van der Waals surface area contributed by atoms with Gasteiger partial charge in [-0.3, -0.25) is 4.79 Å². The summed E-state index contributed by atoms with van der Waals surface area (Å²) in [5.74, 6) is -0.407. The van der Waals surface area contributed by atoms with E-state index in [1.807, 2.05) is 0 Å². The van der Waals surface area contributed by atoms with Crippen LogP contribution in [-0.2, 0) is 4.79 Å². The summed E-state index contributed by atoms with van der Waals surface area (Å²) < 4.78 is 19.4. The monoisotopic (exact) mass is 445 g/mol. The quantitative estimate of drug-likeness (QED) is 0.456. The lowest BCUT2D eigenvalue weighted by Crippen LogP contribution is -2.44. The molecular formula is C24H20FN5O3. The Morgan fingerprint density at radius 3 is 2.82 bits per heavy atom. The SMILES string of the molecule is O=C(O)[C@@H]1C(=Nc2cc(-c3ccco3)nc(-c3c[nH]c4ncc(F)cc34)n2)C2CCC1CC2. The van der Waals surface area contributed by atoms with Crippen molar-refractivity contribution in [3.8, 4) is 22.8 Å². The van der Waals surface area contributed by atoms with Gasteiger partial charge in [0.25, 0.3) is 0 Å². The Kier molecular flexibility index (Phi) is 4.56. The summed E-state index contributed by atoms with van der Waals surface area (Å²) in [4.78, 5) is 33.2. The van der Waals surface area contributed by atoms with Crippen molar-refractivity contribution >= 4 is 28.5 Å². The number of H-pyrrole nitrogens is 1. The first kappa shape index (κ1) is 19.8. The van der Waals surface area contributed by atoms with E-state index in [4.69, 9.17) is 9.41 Å². The van der Waals surface area contributed by atoms with E-state index in [1.165, 1.54) is 6.07 Å². The van der Waals surface area contributed by atoms with Crippen molar-refractivity contribution in [1.82, 2.24) is 19.9 Å². The number of carboxylic acids is 1. The zero-order valence-corrected chi connectivity index (χ0v) is 17.5. The largest absolute Gasteiger partial charge is 0.481 e. The number of hydrogen-bond donors (Lipinski definition) is 2. The molecule has 0 amide bonds. The van der Waals surface area contributed by atoms with Crippen molar-refractivity contribution in [2.24, 2.45) is 22.7 Å². The van der Waals surface area contributed by atoms with E-state index >= 15 is 0 Å². The van der Waals surface area contributed by atoms with Crippen LogP contribution < -0.4 is 0 Å². The normalized spacial score (nSPS) is 23.4. The van der Waals surface area contributed by atoms with Crippen molar-refractivity contribution in [1.29, 1.82) is 0 Å². The van der Waals surface area contributed by atoms with Crippen LogP contribution in [0.4, 0.5) is 10.2 Å². The summed E-state index contributed by atoms with van der Waals surface area (Å²) in [7, 11) is 0. The summed E-state index contributed by atoms with van der Waals surface area (Å²) in [5, 5.41) is 10.4. The second kappa shape index (κ2) is 7.61. The molecule has 4 aromatic rings. The Balaban J connectivity index is 1.52. The fourth-order valence-electron chi connectivity index (χ4n) is 5.19. The highest BCUT2D eigenvalue weighted by atomic mass is 19.1. The number of carbonyl (C=O) groups is 1. The number of carboxylic acid groups (broad SMARTS) is 1. The van der Waals surface area contributed by atoms with Crippen LogP contribution in [-0.4, -0.2) is 36.7 Å². The third-order valence-electron chi connectivity index (χ3n) is 6.71. The number of furan rings is 1. The second-order valence-electron chi connectivity index (χ2n) is 8.63. The Morgan fingerprint density at radius 2 is 2.06 bits per heavy atom. The Bertz CT molecular complexity index is 1390. The number of fused-ring (bicyclic) bond motifs is 4. The van der Waals surface area contributed by atoms with Crippen molar-refractivity contribution in [3.63, 3.8) is 0 Å². The van der Waals surface area contributed by atoms with Crippen LogP contribution in [0.3, 0.4) is 0 Å². The summed E-state index contributed by atoms with van der Waals surface area (Å²) in [6, 6.07) is 6.61. The Hall–Kier alpha value is -3.88. The molecule has 3 aliphatic carbocycles. The van der Waals surface area contributed by atoms with E-state index in [-0.39, 0.29) is 11.8 Å². The summed E-state index contributed by atoms with van der Waals surface area (Å²) in [6.45, 7) is 0. The summed E-state index contributed by atoms with van der Waals surface area (Å²) >= 11 is 0. The molecule has 4 heterocycles. The van der Waals surface area contributed by atoms with Crippen molar-refractivity contribution in [2.45, 2.75) is 25.7 Å². The van der Waals surface area contributed by atoms with E-state index in [0.717, 1.165) is 31.9 Å². The predicted octanol–water partition coefficient (Wildman–Crippen LogP) is 5.01. The number of rotatable bonds is 4. The summed E-state index contributed by atoms with van der Waals surface area (Å²) in [6.07, 6.45) is 8.10. The molecule has 0 radical (unpaired) electrons. The van der Waals surface area contributed by atoms with Crippen LogP contribution >= 0.6 is 0 Å². The molecule has 3 saturated carbocycles. The fourth-order valence-corrected chi connectivity index (χ4v) is 5.19. The van der Waals surface area contributed by atoms with Crippen LogP contribution in [0, 0.1) is 23.6 Å². The molecule has 0 unspecified atom stereocenters. The van der Waals surface area contributed by atoms with E-state index in [0.29, 0.717) is 45.4 Å². The molecule has 8 nitrogen and oxygen atoms in total. The number of aliphatic carboxylic acids is 1. The number of nitrogens with one attached hydrogen (secondary N) is 1. The van der Waals surface area contributed by atoms with Gasteiger partial charge in [0, 0.05) is 28.9 Å². The Labute approximate surface area is 187 Å². The van der Waals surface area contributed by atoms with E-state index in [2.05, 4.69) is 19.9 Å². The minimum atomic E-state index is -0.832. The zero-order chi connectivity index (χ0) is 22.5. The highest BCUT2D eigenvalue weighted by molar-refractivity contribution is 6.05. The van der Waals surface area contributed by atoms with E-state index in [9.17, 15) is 14.3 Å². The molecule has 0 aliphatic heterocycles. The van der Waals surface area contributed by atoms with Gasteiger partial charge in [0.1, 0.15) is 17.2 Å².